The SMILES string of the molecule is c1ccc([C@H](NCc2nncn2-c2ccccc2)c2ccccn2)cc1. The van der Waals surface area contributed by atoms with E-state index in [9.17, 15) is 0 Å². The van der Waals surface area contributed by atoms with Crippen molar-refractivity contribution in [2.24, 2.45) is 0 Å². The van der Waals surface area contributed by atoms with E-state index in [0.29, 0.717) is 6.54 Å². The predicted octanol–water partition coefficient (Wildman–Crippen LogP) is 3.54. The molecule has 0 aliphatic rings. The Morgan fingerprint density at radius 1 is 0.846 bits per heavy atom. The zero-order valence-electron chi connectivity index (χ0n) is 14.2. The van der Waals surface area contributed by atoms with E-state index in [1.807, 2.05) is 77.5 Å². The summed E-state index contributed by atoms with van der Waals surface area (Å²) in [4.78, 5) is 4.53. The molecule has 2 heterocycles. The quantitative estimate of drug-likeness (QED) is 0.583. The van der Waals surface area contributed by atoms with Gasteiger partial charge in [-0.1, -0.05) is 54.6 Å². The number of nitrogens with one attached hydrogen (secondary N) is 1. The fourth-order valence-electron chi connectivity index (χ4n) is 2.96. The van der Waals surface area contributed by atoms with Crippen LogP contribution in [-0.2, 0) is 6.54 Å². The maximum Gasteiger partial charge on any atom is 0.151 e. The first-order chi connectivity index (χ1) is 12.9. The van der Waals surface area contributed by atoms with Gasteiger partial charge in [0.2, 0.25) is 0 Å². The summed E-state index contributed by atoms with van der Waals surface area (Å²) >= 11 is 0. The standard InChI is InChI=1S/C21H19N5/c1-3-9-17(10-4-1)21(19-13-7-8-14-22-19)23-15-20-25-24-16-26(20)18-11-5-2-6-12-18/h1-14,16,21,23H,15H2/t21-/m0/s1. The highest BCUT2D eigenvalue weighted by Gasteiger charge is 2.16. The molecular weight excluding hydrogens is 322 g/mol. The molecule has 1 N–H and O–H groups in total. The van der Waals surface area contributed by atoms with Crippen LogP contribution in [0.15, 0.2) is 91.4 Å². The predicted molar refractivity (Wildman–Crippen MR) is 101 cm³/mol. The van der Waals surface area contributed by atoms with Gasteiger partial charge in [-0.3, -0.25) is 14.9 Å². The second-order valence-corrected chi connectivity index (χ2v) is 5.93. The molecule has 0 spiro atoms. The van der Waals surface area contributed by atoms with E-state index < -0.39 is 0 Å². The van der Waals surface area contributed by atoms with Crippen LogP contribution < -0.4 is 5.32 Å². The molecule has 0 radical (unpaired) electrons. The van der Waals surface area contributed by atoms with E-state index in [1.54, 1.807) is 6.33 Å². The van der Waals surface area contributed by atoms with Crippen molar-refractivity contribution in [3.05, 3.63) is 108 Å². The van der Waals surface area contributed by atoms with Crippen LogP contribution in [-0.4, -0.2) is 19.7 Å². The average molecular weight is 341 g/mol. The number of pyridine rings is 1. The number of rotatable bonds is 6. The molecule has 0 aliphatic heterocycles. The summed E-state index contributed by atoms with van der Waals surface area (Å²) in [6, 6.07) is 26.4. The van der Waals surface area contributed by atoms with E-state index in [2.05, 4.69) is 32.6 Å². The van der Waals surface area contributed by atoms with E-state index in [-0.39, 0.29) is 6.04 Å². The summed E-state index contributed by atoms with van der Waals surface area (Å²) < 4.78 is 1.99. The second-order valence-electron chi connectivity index (χ2n) is 5.93. The topological polar surface area (TPSA) is 55.6 Å². The number of nitrogens with zero attached hydrogens (tertiary/aromatic N) is 4. The molecule has 1 atom stereocenters. The van der Waals surface area contributed by atoms with Gasteiger partial charge in [-0.05, 0) is 29.8 Å². The van der Waals surface area contributed by atoms with Crippen LogP contribution >= 0.6 is 0 Å². The van der Waals surface area contributed by atoms with E-state index >= 15 is 0 Å². The maximum absolute atomic E-state index is 4.53. The smallest absolute Gasteiger partial charge is 0.151 e. The fraction of sp³-hybridized carbons (Fsp3) is 0.0952. The Balaban J connectivity index is 1.60. The van der Waals surface area contributed by atoms with E-state index in [4.69, 9.17) is 0 Å². The molecule has 26 heavy (non-hydrogen) atoms. The molecule has 0 amide bonds. The minimum Gasteiger partial charge on any atom is -0.298 e. The zero-order chi connectivity index (χ0) is 17.6. The monoisotopic (exact) mass is 341 g/mol. The Kier molecular flexibility index (Phi) is 4.80. The Morgan fingerprint density at radius 3 is 2.31 bits per heavy atom. The number of benzene rings is 2. The minimum absolute atomic E-state index is 0.0154. The molecule has 0 saturated carbocycles. The van der Waals surface area contributed by atoms with Crippen molar-refractivity contribution in [2.45, 2.75) is 12.6 Å². The van der Waals surface area contributed by atoms with Gasteiger partial charge in [0.25, 0.3) is 0 Å². The molecule has 4 rings (SSSR count). The Morgan fingerprint density at radius 2 is 1.58 bits per heavy atom. The molecule has 5 heteroatoms. The van der Waals surface area contributed by atoms with Gasteiger partial charge >= 0.3 is 0 Å². The lowest BCUT2D eigenvalue weighted by Gasteiger charge is -2.19. The first kappa shape index (κ1) is 16.2. The van der Waals surface area contributed by atoms with Gasteiger partial charge in [-0.15, -0.1) is 10.2 Å². The van der Waals surface area contributed by atoms with Crippen LogP contribution in [0, 0.1) is 0 Å². The summed E-state index contributed by atoms with van der Waals surface area (Å²) in [7, 11) is 0. The molecule has 0 fully saturated rings. The molecule has 0 unspecified atom stereocenters. The highest BCUT2D eigenvalue weighted by Crippen LogP contribution is 2.20. The second kappa shape index (κ2) is 7.72. The Hall–Kier alpha value is -3.31. The molecule has 0 aliphatic carbocycles. The van der Waals surface area contributed by atoms with Gasteiger partial charge in [-0.2, -0.15) is 0 Å². The van der Waals surface area contributed by atoms with Gasteiger partial charge in [0.15, 0.2) is 5.82 Å². The third-order valence-electron chi connectivity index (χ3n) is 4.23. The minimum atomic E-state index is -0.0154. The van der Waals surface area contributed by atoms with Crippen molar-refractivity contribution in [1.82, 2.24) is 25.1 Å². The van der Waals surface area contributed by atoms with E-state index in [0.717, 1.165) is 22.8 Å². The third kappa shape index (κ3) is 3.53. The molecule has 2 aromatic carbocycles. The van der Waals surface area contributed by atoms with Gasteiger partial charge in [0, 0.05) is 11.9 Å². The summed E-state index contributed by atoms with van der Waals surface area (Å²) in [5.74, 6) is 0.855. The number of para-hydroxylation sites is 1. The molecule has 0 bridgehead atoms. The first-order valence-electron chi connectivity index (χ1n) is 8.55. The van der Waals surface area contributed by atoms with Crippen LogP contribution in [0.25, 0.3) is 5.69 Å². The molecular formula is C21H19N5. The molecule has 4 aromatic rings. The highest BCUT2D eigenvalue weighted by molar-refractivity contribution is 5.32. The summed E-state index contributed by atoms with van der Waals surface area (Å²) in [6.45, 7) is 0.574. The fourth-order valence-corrected chi connectivity index (χ4v) is 2.96. The van der Waals surface area contributed by atoms with Crippen LogP contribution in [0.1, 0.15) is 23.1 Å². The van der Waals surface area contributed by atoms with Gasteiger partial charge in [-0.25, -0.2) is 0 Å². The van der Waals surface area contributed by atoms with Crippen LogP contribution in [0.3, 0.4) is 0 Å². The Bertz CT molecular complexity index is 896. The van der Waals surface area contributed by atoms with Crippen molar-refractivity contribution in [3.8, 4) is 5.69 Å². The number of hydrogen-bond acceptors (Lipinski definition) is 4. The van der Waals surface area contributed by atoms with E-state index in [1.165, 1.54) is 0 Å². The highest BCUT2D eigenvalue weighted by atomic mass is 15.3. The summed E-state index contributed by atoms with van der Waals surface area (Å²) in [5.41, 5.74) is 3.19. The van der Waals surface area contributed by atoms with Crippen LogP contribution in [0.2, 0.25) is 0 Å². The number of hydrogen-bond donors (Lipinski definition) is 1. The van der Waals surface area contributed by atoms with Crippen LogP contribution in [0.5, 0.6) is 0 Å². The van der Waals surface area contributed by atoms with Crippen molar-refractivity contribution >= 4 is 0 Å². The first-order valence-corrected chi connectivity index (χ1v) is 8.55. The average Bonchev–Trinajstić information content (AvgIpc) is 3.19. The lowest BCUT2D eigenvalue weighted by Crippen LogP contribution is -2.24. The number of aromatic nitrogens is 4. The largest absolute Gasteiger partial charge is 0.298 e. The lowest BCUT2D eigenvalue weighted by atomic mass is 10.0. The maximum atomic E-state index is 4.53. The van der Waals surface area contributed by atoms with Crippen molar-refractivity contribution < 1.29 is 0 Å². The van der Waals surface area contributed by atoms with Crippen molar-refractivity contribution in [3.63, 3.8) is 0 Å². The normalized spacial score (nSPS) is 12.0. The lowest BCUT2D eigenvalue weighted by molar-refractivity contribution is 0.569. The Labute approximate surface area is 152 Å². The molecule has 0 saturated heterocycles. The molecule has 2 aromatic heterocycles. The third-order valence-corrected chi connectivity index (χ3v) is 4.23. The van der Waals surface area contributed by atoms with Crippen LogP contribution in [0.4, 0.5) is 0 Å². The van der Waals surface area contributed by atoms with Crippen molar-refractivity contribution in [2.75, 3.05) is 0 Å². The van der Waals surface area contributed by atoms with Crippen molar-refractivity contribution in [1.29, 1.82) is 0 Å². The summed E-state index contributed by atoms with van der Waals surface area (Å²) in [6.07, 6.45) is 3.56. The molecule has 128 valence electrons. The summed E-state index contributed by atoms with van der Waals surface area (Å²) in [5, 5.41) is 11.9. The van der Waals surface area contributed by atoms with Gasteiger partial charge in [0.1, 0.15) is 6.33 Å². The zero-order valence-corrected chi connectivity index (χ0v) is 14.2. The molecule has 5 nitrogen and oxygen atoms in total. The van der Waals surface area contributed by atoms with Gasteiger partial charge in [0.05, 0.1) is 18.3 Å². The van der Waals surface area contributed by atoms with Gasteiger partial charge < -0.3 is 0 Å².